The predicted octanol–water partition coefficient (Wildman–Crippen LogP) is 1.48. The molecule has 4 heterocycles. The van der Waals surface area contributed by atoms with E-state index in [0.717, 1.165) is 37.3 Å². The van der Waals surface area contributed by atoms with Crippen LogP contribution in [-0.4, -0.2) is 62.9 Å². The first-order valence-corrected chi connectivity index (χ1v) is 9.19. The first-order valence-electron chi connectivity index (χ1n) is 9.19. The Morgan fingerprint density at radius 3 is 2.86 bits per heavy atom. The van der Waals surface area contributed by atoms with Gasteiger partial charge < -0.3 is 15.5 Å². The van der Waals surface area contributed by atoms with Gasteiger partial charge in [-0.25, -0.2) is 24.9 Å². The van der Waals surface area contributed by atoms with Crippen molar-refractivity contribution in [2.75, 3.05) is 37.8 Å². The predicted molar refractivity (Wildman–Crippen MR) is 106 cm³/mol. The second-order valence-corrected chi connectivity index (χ2v) is 7.08. The molecular weight excluding hydrogens is 356 g/mol. The van der Waals surface area contributed by atoms with Crippen LogP contribution in [0.3, 0.4) is 0 Å². The number of carbonyl (C=O) groups is 1. The summed E-state index contributed by atoms with van der Waals surface area (Å²) in [5.74, 6) is 1.91. The number of nitrogens with two attached hydrogens (primary N) is 1. The number of carbonyl (C=O) groups excluding carboxylic acids is 1. The number of rotatable bonds is 3. The summed E-state index contributed by atoms with van der Waals surface area (Å²) in [6.45, 7) is 1.62. The highest BCUT2D eigenvalue weighted by Crippen LogP contribution is 2.28. The van der Waals surface area contributed by atoms with Crippen molar-refractivity contribution in [1.29, 1.82) is 0 Å². The summed E-state index contributed by atoms with van der Waals surface area (Å²) in [5.41, 5.74) is 7.71. The molecule has 1 unspecified atom stereocenters. The maximum Gasteiger partial charge on any atom is 0.272 e. The molecule has 1 aliphatic heterocycles. The lowest BCUT2D eigenvalue weighted by Gasteiger charge is -2.33. The molecule has 28 heavy (non-hydrogen) atoms. The Hall–Kier alpha value is -3.36. The molecule has 1 amide bonds. The number of hydrogen-bond donors (Lipinski definition) is 1. The first-order chi connectivity index (χ1) is 13.5. The zero-order valence-corrected chi connectivity index (χ0v) is 15.9. The Morgan fingerprint density at radius 2 is 2.04 bits per heavy atom. The molecule has 9 nitrogen and oxygen atoms in total. The average Bonchev–Trinajstić information content (AvgIpc) is 2.73. The fourth-order valence-electron chi connectivity index (χ4n) is 3.44. The number of piperidine rings is 1. The minimum atomic E-state index is -0.122. The van der Waals surface area contributed by atoms with Gasteiger partial charge in [-0.05, 0) is 31.0 Å². The second-order valence-electron chi connectivity index (χ2n) is 7.08. The fourth-order valence-corrected chi connectivity index (χ4v) is 3.44. The highest BCUT2D eigenvalue weighted by atomic mass is 16.2. The van der Waals surface area contributed by atoms with E-state index in [-0.39, 0.29) is 11.8 Å². The molecule has 0 saturated carbocycles. The van der Waals surface area contributed by atoms with E-state index in [2.05, 4.69) is 29.8 Å². The van der Waals surface area contributed by atoms with E-state index in [0.29, 0.717) is 22.9 Å². The van der Waals surface area contributed by atoms with Crippen molar-refractivity contribution in [2.45, 2.75) is 18.8 Å². The van der Waals surface area contributed by atoms with Crippen molar-refractivity contribution in [3.8, 4) is 0 Å². The third kappa shape index (κ3) is 3.42. The summed E-state index contributed by atoms with van der Waals surface area (Å²) in [7, 11) is 3.43. The molecule has 3 aromatic heterocycles. The monoisotopic (exact) mass is 378 g/mol. The van der Waals surface area contributed by atoms with Crippen LogP contribution < -0.4 is 10.6 Å². The van der Waals surface area contributed by atoms with Gasteiger partial charge in [-0.2, -0.15) is 0 Å². The number of anilines is 2. The minimum Gasteiger partial charge on any atom is -0.382 e. The number of hydrogen-bond acceptors (Lipinski definition) is 8. The molecule has 1 saturated heterocycles. The molecule has 0 spiro atoms. The molecule has 0 bridgehead atoms. The van der Waals surface area contributed by atoms with Gasteiger partial charge in [-0.3, -0.25) is 4.79 Å². The SMILES string of the molecule is CN(C)C(=O)c1ccnc(C2CCCN(c3ccc4ncnc(N)c4n3)C2)n1. The van der Waals surface area contributed by atoms with Crippen LogP contribution in [0.2, 0.25) is 0 Å². The lowest BCUT2D eigenvalue weighted by atomic mass is 9.97. The molecule has 0 radical (unpaired) electrons. The number of fused-ring (bicyclic) bond motifs is 1. The van der Waals surface area contributed by atoms with Crippen LogP contribution in [-0.2, 0) is 0 Å². The van der Waals surface area contributed by atoms with E-state index in [4.69, 9.17) is 5.73 Å². The van der Waals surface area contributed by atoms with Gasteiger partial charge in [0, 0.05) is 39.3 Å². The summed E-state index contributed by atoms with van der Waals surface area (Å²) in [5, 5.41) is 0. The van der Waals surface area contributed by atoms with E-state index < -0.39 is 0 Å². The molecule has 9 heteroatoms. The van der Waals surface area contributed by atoms with Gasteiger partial charge in [0.25, 0.3) is 5.91 Å². The molecule has 3 aromatic rings. The van der Waals surface area contributed by atoms with Crippen molar-refractivity contribution in [1.82, 2.24) is 29.8 Å². The zero-order valence-electron chi connectivity index (χ0n) is 15.9. The van der Waals surface area contributed by atoms with Crippen LogP contribution in [0.5, 0.6) is 0 Å². The molecule has 0 aliphatic carbocycles. The van der Waals surface area contributed by atoms with Crippen LogP contribution in [0.25, 0.3) is 11.0 Å². The molecule has 1 atom stereocenters. The second kappa shape index (κ2) is 7.34. The van der Waals surface area contributed by atoms with Crippen LogP contribution in [0.15, 0.2) is 30.7 Å². The van der Waals surface area contributed by atoms with E-state index in [9.17, 15) is 4.79 Å². The molecule has 2 N–H and O–H groups in total. The Balaban J connectivity index is 1.59. The lowest BCUT2D eigenvalue weighted by molar-refractivity contribution is 0.0821. The maximum absolute atomic E-state index is 12.2. The Labute approximate surface area is 162 Å². The maximum atomic E-state index is 12.2. The molecule has 1 aliphatic rings. The van der Waals surface area contributed by atoms with Crippen LogP contribution in [0.4, 0.5) is 11.6 Å². The molecular formula is C19H22N8O. The fraction of sp³-hybridized carbons (Fsp3) is 0.368. The number of nitrogens with zero attached hydrogens (tertiary/aromatic N) is 7. The van der Waals surface area contributed by atoms with Crippen molar-refractivity contribution in [2.24, 2.45) is 0 Å². The quantitative estimate of drug-likeness (QED) is 0.729. The number of aromatic nitrogens is 5. The Kier molecular flexibility index (Phi) is 4.72. The van der Waals surface area contributed by atoms with Gasteiger partial charge in [-0.15, -0.1) is 0 Å². The summed E-state index contributed by atoms with van der Waals surface area (Å²) in [6, 6.07) is 5.51. The van der Waals surface area contributed by atoms with Crippen LogP contribution in [0.1, 0.15) is 35.1 Å². The summed E-state index contributed by atoms with van der Waals surface area (Å²) < 4.78 is 0. The van der Waals surface area contributed by atoms with Crippen molar-refractivity contribution < 1.29 is 4.79 Å². The number of amides is 1. The van der Waals surface area contributed by atoms with Gasteiger partial charge in [0.2, 0.25) is 0 Å². The van der Waals surface area contributed by atoms with E-state index in [1.165, 1.54) is 11.2 Å². The first kappa shape index (κ1) is 18.0. The zero-order chi connectivity index (χ0) is 19.7. The third-order valence-electron chi connectivity index (χ3n) is 4.91. The minimum absolute atomic E-state index is 0.122. The van der Waals surface area contributed by atoms with E-state index >= 15 is 0 Å². The summed E-state index contributed by atoms with van der Waals surface area (Å²) >= 11 is 0. The van der Waals surface area contributed by atoms with Gasteiger partial charge >= 0.3 is 0 Å². The molecule has 0 aromatic carbocycles. The van der Waals surface area contributed by atoms with E-state index in [1.54, 1.807) is 26.4 Å². The van der Waals surface area contributed by atoms with Crippen molar-refractivity contribution in [3.63, 3.8) is 0 Å². The van der Waals surface area contributed by atoms with Gasteiger partial charge in [0.15, 0.2) is 5.82 Å². The third-order valence-corrected chi connectivity index (χ3v) is 4.91. The van der Waals surface area contributed by atoms with Gasteiger partial charge in [0.05, 0.1) is 5.52 Å². The number of nitrogen functional groups attached to an aromatic ring is 1. The highest BCUT2D eigenvalue weighted by molar-refractivity contribution is 5.91. The summed E-state index contributed by atoms with van der Waals surface area (Å²) in [4.78, 5) is 37.8. The molecule has 1 fully saturated rings. The van der Waals surface area contributed by atoms with Crippen molar-refractivity contribution >= 4 is 28.6 Å². The van der Waals surface area contributed by atoms with E-state index in [1.807, 2.05) is 12.1 Å². The van der Waals surface area contributed by atoms with Crippen LogP contribution >= 0.6 is 0 Å². The largest absolute Gasteiger partial charge is 0.382 e. The van der Waals surface area contributed by atoms with Gasteiger partial charge in [0.1, 0.15) is 29.2 Å². The van der Waals surface area contributed by atoms with Crippen LogP contribution in [0, 0.1) is 0 Å². The lowest BCUT2D eigenvalue weighted by Crippen LogP contribution is -2.36. The topological polar surface area (TPSA) is 114 Å². The Bertz CT molecular complexity index is 1020. The number of pyridine rings is 1. The van der Waals surface area contributed by atoms with Gasteiger partial charge in [-0.1, -0.05) is 0 Å². The summed E-state index contributed by atoms with van der Waals surface area (Å²) in [6.07, 6.45) is 5.05. The standard InChI is InChI=1S/C19H22N8O/c1-26(2)19(28)14-7-8-21-18(24-14)12-4-3-9-27(10-12)15-6-5-13-16(25-15)17(20)23-11-22-13/h5-8,11-12H,3-4,9-10H2,1-2H3,(H2,20,22,23). The molecule has 4 rings (SSSR count). The molecule has 144 valence electrons. The smallest absolute Gasteiger partial charge is 0.272 e. The highest BCUT2D eigenvalue weighted by Gasteiger charge is 2.25. The Morgan fingerprint density at radius 1 is 1.18 bits per heavy atom. The average molecular weight is 378 g/mol. The normalized spacial score (nSPS) is 16.9. The van der Waals surface area contributed by atoms with Crippen molar-refractivity contribution in [3.05, 3.63) is 42.2 Å².